The Hall–Kier alpha value is -1.59. The Bertz CT molecular complexity index is 438. The highest BCUT2D eigenvalue weighted by atomic mass is 16.6. The molecule has 6 nitrogen and oxygen atoms in total. The number of unbranched alkanes of at least 4 members (excludes halogenated alkanes) is 1. The molecule has 0 bridgehead atoms. The second-order valence-electron chi connectivity index (χ2n) is 3.66. The van der Waals surface area contributed by atoms with Crippen LogP contribution in [0.3, 0.4) is 0 Å². The second kappa shape index (κ2) is 10.3. The number of ether oxygens (including phenoxy) is 3. The highest BCUT2D eigenvalue weighted by Crippen LogP contribution is 2.01. The number of rotatable bonds is 9. The monoisotopic (exact) mass is 278 g/mol. The molecule has 6 heteroatoms. The Morgan fingerprint density at radius 1 is 1.21 bits per heavy atom. The lowest BCUT2D eigenvalue weighted by molar-refractivity contribution is -0.166. The van der Waals surface area contributed by atoms with E-state index in [0.717, 1.165) is 13.3 Å². The van der Waals surface area contributed by atoms with Gasteiger partial charge in [0.15, 0.2) is 6.10 Å². The zero-order chi connectivity index (χ0) is 18.3. The normalized spacial score (nSPS) is 16.2. The molecule has 0 radical (unpaired) electrons. The lowest BCUT2D eigenvalue weighted by Crippen LogP contribution is -2.26. The average molecular weight is 278 g/mol. The topological polar surface area (TPSA) is 78.9 Å². The molecule has 0 N–H and O–H groups in total. The SMILES string of the molecule is [2H]C([2H])(CC([2H])([2H])C(=O)O[C@@H](C)C(=O)OCCCC)OC(C)=O. The minimum Gasteiger partial charge on any atom is -0.466 e. The van der Waals surface area contributed by atoms with Crippen LogP contribution < -0.4 is 0 Å². The number of hydrogen-bond donors (Lipinski definition) is 0. The minimum absolute atomic E-state index is 0.166. The molecule has 0 spiro atoms. The highest BCUT2D eigenvalue weighted by Gasteiger charge is 2.18. The number of carbonyl (C=O) groups excluding carboxylic acids is 3. The number of carbonyl (C=O) groups is 3. The molecule has 0 aliphatic heterocycles. The molecular weight excluding hydrogens is 252 g/mol. The third-order valence-electron chi connectivity index (χ3n) is 1.88. The second-order valence-corrected chi connectivity index (χ2v) is 3.66. The highest BCUT2D eigenvalue weighted by molar-refractivity contribution is 5.79. The van der Waals surface area contributed by atoms with E-state index in [1.807, 2.05) is 6.92 Å². The Balaban J connectivity index is 4.62. The minimum atomic E-state index is -2.78. The van der Waals surface area contributed by atoms with Crippen molar-refractivity contribution in [2.24, 2.45) is 0 Å². The van der Waals surface area contributed by atoms with Gasteiger partial charge in [0.05, 0.1) is 15.9 Å². The van der Waals surface area contributed by atoms with Gasteiger partial charge < -0.3 is 14.2 Å². The Kier molecular flexibility index (Phi) is 6.13. The molecular formula is C13H22O6. The van der Waals surface area contributed by atoms with E-state index in [2.05, 4.69) is 9.47 Å². The fourth-order valence-electron chi connectivity index (χ4n) is 0.931. The fourth-order valence-corrected chi connectivity index (χ4v) is 0.931. The van der Waals surface area contributed by atoms with Crippen molar-refractivity contribution in [2.45, 2.75) is 52.5 Å². The Morgan fingerprint density at radius 3 is 2.47 bits per heavy atom. The van der Waals surface area contributed by atoms with Crippen LogP contribution in [-0.4, -0.2) is 37.2 Å². The predicted octanol–water partition coefficient (Wildman–Crippen LogP) is 1.60. The Morgan fingerprint density at radius 2 is 1.89 bits per heavy atom. The maximum atomic E-state index is 11.8. The smallest absolute Gasteiger partial charge is 0.347 e. The standard InChI is InChI=1S/C13H22O6/c1-4-5-8-18-13(16)10(2)19-12(15)7-6-9-17-11(3)14/h10H,4-9H2,1-3H3/t10-/m0/s1/i7D2,9D2. The summed E-state index contributed by atoms with van der Waals surface area (Å²) in [6, 6.07) is 0. The van der Waals surface area contributed by atoms with Gasteiger partial charge in [-0.15, -0.1) is 0 Å². The van der Waals surface area contributed by atoms with Gasteiger partial charge in [0.1, 0.15) is 0 Å². The van der Waals surface area contributed by atoms with Crippen molar-refractivity contribution in [3.8, 4) is 0 Å². The van der Waals surface area contributed by atoms with E-state index in [0.29, 0.717) is 6.42 Å². The molecule has 110 valence electrons. The van der Waals surface area contributed by atoms with E-state index >= 15 is 0 Å². The zero-order valence-corrected chi connectivity index (χ0v) is 11.4. The summed E-state index contributed by atoms with van der Waals surface area (Å²) in [5, 5.41) is 0. The van der Waals surface area contributed by atoms with E-state index in [1.165, 1.54) is 6.92 Å². The molecule has 0 amide bonds. The third-order valence-corrected chi connectivity index (χ3v) is 1.88. The third kappa shape index (κ3) is 10.1. The van der Waals surface area contributed by atoms with Gasteiger partial charge in [-0.2, -0.15) is 0 Å². The van der Waals surface area contributed by atoms with Crippen LogP contribution >= 0.6 is 0 Å². The average Bonchev–Trinajstić information content (AvgIpc) is 2.35. The summed E-state index contributed by atoms with van der Waals surface area (Å²) in [6.45, 7) is 1.57. The fraction of sp³-hybridized carbons (Fsp3) is 0.769. The van der Waals surface area contributed by atoms with E-state index in [4.69, 9.17) is 10.2 Å². The molecule has 0 saturated carbocycles. The van der Waals surface area contributed by atoms with Crippen LogP contribution in [0.5, 0.6) is 0 Å². The quantitative estimate of drug-likeness (QED) is 0.362. The van der Waals surface area contributed by atoms with Crippen molar-refractivity contribution >= 4 is 17.9 Å². The van der Waals surface area contributed by atoms with Crippen LogP contribution in [0.1, 0.15) is 51.9 Å². The van der Waals surface area contributed by atoms with E-state index in [-0.39, 0.29) is 6.61 Å². The summed E-state index contributed by atoms with van der Waals surface area (Å²) in [6.07, 6.45) is -3.70. The summed E-state index contributed by atoms with van der Waals surface area (Å²) >= 11 is 0. The van der Waals surface area contributed by atoms with E-state index < -0.39 is 43.4 Å². The summed E-state index contributed by atoms with van der Waals surface area (Å²) in [5.74, 6) is -3.20. The molecule has 19 heavy (non-hydrogen) atoms. The molecule has 0 aromatic heterocycles. The first kappa shape index (κ1) is 11.3. The summed E-state index contributed by atoms with van der Waals surface area (Å²) in [7, 11) is 0. The number of esters is 3. The van der Waals surface area contributed by atoms with Crippen LogP contribution in [-0.2, 0) is 28.6 Å². The summed E-state index contributed by atoms with van der Waals surface area (Å²) in [4.78, 5) is 34.1. The lowest BCUT2D eigenvalue weighted by Gasteiger charge is -2.12. The van der Waals surface area contributed by atoms with Gasteiger partial charge in [-0.3, -0.25) is 9.59 Å². The van der Waals surface area contributed by atoms with Crippen LogP contribution in [0, 0.1) is 0 Å². The molecule has 0 aromatic rings. The number of hydrogen-bond acceptors (Lipinski definition) is 6. The first-order valence-corrected chi connectivity index (χ1v) is 5.98. The van der Waals surface area contributed by atoms with Crippen LogP contribution in [0.15, 0.2) is 0 Å². The molecule has 0 heterocycles. The van der Waals surface area contributed by atoms with Gasteiger partial charge in [0.2, 0.25) is 0 Å². The van der Waals surface area contributed by atoms with Crippen LogP contribution in [0.25, 0.3) is 0 Å². The molecule has 0 aliphatic rings. The maximum Gasteiger partial charge on any atom is 0.347 e. The van der Waals surface area contributed by atoms with Crippen LogP contribution in [0.4, 0.5) is 0 Å². The molecule has 0 aliphatic carbocycles. The van der Waals surface area contributed by atoms with Gasteiger partial charge in [-0.05, 0) is 19.8 Å². The molecule has 0 aromatic carbocycles. The first-order chi connectivity index (χ1) is 10.4. The maximum absolute atomic E-state index is 11.8. The lowest BCUT2D eigenvalue weighted by atomic mass is 10.3. The van der Waals surface area contributed by atoms with Gasteiger partial charge in [0.25, 0.3) is 0 Å². The largest absolute Gasteiger partial charge is 0.466 e. The molecule has 0 unspecified atom stereocenters. The first-order valence-electron chi connectivity index (χ1n) is 7.98. The molecule has 0 fully saturated rings. The molecule has 1 atom stereocenters. The van der Waals surface area contributed by atoms with E-state index in [9.17, 15) is 14.4 Å². The van der Waals surface area contributed by atoms with Gasteiger partial charge in [0, 0.05) is 16.0 Å². The summed E-state index contributed by atoms with van der Waals surface area (Å²) in [5.41, 5.74) is 0. The van der Waals surface area contributed by atoms with E-state index in [1.54, 1.807) is 0 Å². The predicted molar refractivity (Wildman–Crippen MR) is 67.3 cm³/mol. The van der Waals surface area contributed by atoms with Crippen molar-refractivity contribution in [1.29, 1.82) is 0 Å². The Labute approximate surface area is 119 Å². The van der Waals surface area contributed by atoms with Crippen molar-refractivity contribution in [3.05, 3.63) is 0 Å². The van der Waals surface area contributed by atoms with Gasteiger partial charge >= 0.3 is 17.9 Å². The van der Waals surface area contributed by atoms with Gasteiger partial charge in [-0.25, -0.2) is 4.79 Å². The van der Waals surface area contributed by atoms with Crippen molar-refractivity contribution in [3.63, 3.8) is 0 Å². The summed E-state index contributed by atoms with van der Waals surface area (Å²) < 4.78 is 43.6. The molecule has 0 saturated heterocycles. The van der Waals surface area contributed by atoms with Crippen LogP contribution in [0.2, 0.25) is 0 Å². The zero-order valence-electron chi connectivity index (χ0n) is 15.4. The van der Waals surface area contributed by atoms with Crippen molar-refractivity contribution in [1.82, 2.24) is 0 Å². The molecule has 0 rings (SSSR count). The van der Waals surface area contributed by atoms with Gasteiger partial charge in [-0.1, -0.05) is 13.3 Å². The van der Waals surface area contributed by atoms with Crippen molar-refractivity contribution in [2.75, 3.05) is 13.2 Å². The van der Waals surface area contributed by atoms with Crippen molar-refractivity contribution < 1.29 is 34.1 Å².